The van der Waals surface area contributed by atoms with Gasteiger partial charge in [-0.25, -0.2) is 0 Å². The van der Waals surface area contributed by atoms with E-state index in [1.165, 1.54) is 0 Å². The van der Waals surface area contributed by atoms with E-state index in [1.807, 2.05) is 46.7 Å². The van der Waals surface area contributed by atoms with Gasteiger partial charge < -0.3 is 19.7 Å². The Morgan fingerprint density at radius 1 is 1.16 bits per heavy atom. The number of hydrogen-bond donors (Lipinski definition) is 1. The molecule has 0 spiro atoms. The zero-order chi connectivity index (χ0) is 17.2. The van der Waals surface area contributed by atoms with E-state index in [1.54, 1.807) is 25.6 Å². The Labute approximate surface area is 159 Å². The Bertz CT molecular complexity index is 623. The number of carbonyl (C=O) groups excluding carboxylic acids is 1. The molecule has 0 unspecified atom stereocenters. The van der Waals surface area contributed by atoms with Gasteiger partial charge in [-0.05, 0) is 17.5 Å². The lowest BCUT2D eigenvalue weighted by molar-refractivity contribution is -0.131. The normalized spacial score (nSPS) is 10.2. The number of carbonyl (C=O) groups is 1. The summed E-state index contributed by atoms with van der Waals surface area (Å²) in [5, 5.41) is 5.14. The Morgan fingerprint density at radius 3 is 2.64 bits per heavy atom. The zero-order valence-corrected chi connectivity index (χ0v) is 16.2. The zero-order valence-electron chi connectivity index (χ0n) is 14.6. The Balaban J connectivity index is 0.00000312. The second-order valence-corrected chi connectivity index (χ2v) is 6.34. The van der Waals surface area contributed by atoms with Crippen LogP contribution in [0, 0.1) is 0 Å². The summed E-state index contributed by atoms with van der Waals surface area (Å²) in [6, 6.07) is 11.8. The van der Waals surface area contributed by atoms with E-state index in [4.69, 9.17) is 9.47 Å². The Morgan fingerprint density at radius 2 is 1.96 bits per heavy atom. The van der Waals surface area contributed by atoms with Crippen molar-refractivity contribution in [2.45, 2.75) is 13.1 Å². The molecule has 2 rings (SSSR count). The minimum absolute atomic E-state index is 0. The molecule has 0 aliphatic rings. The van der Waals surface area contributed by atoms with Gasteiger partial charge in [0.2, 0.25) is 5.91 Å². The van der Waals surface area contributed by atoms with E-state index in [0.29, 0.717) is 32.8 Å². The highest BCUT2D eigenvalue weighted by Crippen LogP contribution is 2.21. The Hall–Kier alpha value is -1.60. The van der Waals surface area contributed by atoms with Crippen LogP contribution in [0.3, 0.4) is 0 Å². The highest BCUT2D eigenvalue weighted by molar-refractivity contribution is 7.09. The quantitative estimate of drug-likeness (QED) is 0.640. The minimum atomic E-state index is 0. The first kappa shape index (κ1) is 21.4. The maximum Gasteiger partial charge on any atom is 0.237 e. The molecule has 1 aromatic heterocycles. The molecule has 0 fully saturated rings. The second-order valence-electron chi connectivity index (χ2n) is 5.31. The number of nitrogens with one attached hydrogen (secondary N) is 1. The number of hydrogen-bond acceptors (Lipinski definition) is 5. The van der Waals surface area contributed by atoms with Crippen LogP contribution in [0.4, 0.5) is 0 Å². The van der Waals surface area contributed by atoms with E-state index >= 15 is 0 Å². The van der Waals surface area contributed by atoms with Gasteiger partial charge in [0.1, 0.15) is 5.75 Å². The average Bonchev–Trinajstić information content (AvgIpc) is 3.11. The van der Waals surface area contributed by atoms with Crippen molar-refractivity contribution in [3.63, 3.8) is 0 Å². The molecule has 0 saturated heterocycles. The van der Waals surface area contributed by atoms with Crippen molar-refractivity contribution >= 4 is 29.7 Å². The van der Waals surface area contributed by atoms with Gasteiger partial charge in [-0.15, -0.1) is 23.7 Å². The van der Waals surface area contributed by atoms with E-state index in [-0.39, 0.29) is 18.3 Å². The highest BCUT2D eigenvalue weighted by Gasteiger charge is 2.16. The maximum absolute atomic E-state index is 12.6. The molecule has 0 radical (unpaired) electrons. The molecule has 0 aliphatic heterocycles. The van der Waals surface area contributed by atoms with Gasteiger partial charge in [-0.3, -0.25) is 4.79 Å². The van der Waals surface area contributed by atoms with E-state index in [9.17, 15) is 4.79 Å². The van der Waals surface area contributed by atoms with Gasteiger partial charge in [0.05, 0.1) is 26.8 Å². The maximum atomic E-state index is 12.6. The molecule has 1 heterocycles. The third-order valence-corrected chi connectivity index (χ3v) is 4.45. The topological polar surface area (TPSA) is 50.8 Å². The van der Waals surface area contributed by atoms with E-state index in [2.05, 4.69) is 5.32 Å². The molecule has 7 heteroatoms. The fraction of sp³-hybridized carbons (Fsp3) is 0.389. The number of methoxy groups -OCH3 is 2. The van der Waals surface area contributed by atoms with Crippen LogP contribution in [-0.4, -0.2) is 44.7 Å². The largest absolute Gasteiger partial charge is 0.496 e. The van der Waals surface area contributed by atoms with Crippen molar-refractivity contribution in [1.82, 2.24) is 10.2 Å². The Kier molecular flexibility index (Phi) is 10.2. The predicted octanol–water partition coefficient (Wildman–Crippen LogP) is 2.94. The molecule has 1 aromatic carbocycles. The summed E-state index contributed by atoms with van der Waals surface area (Å²) >= 11 is 1.66. The van der Waals surface area contributed by atoms with Gasteiger partial charge in [-0.1, -0.05) is 24.3 Å². The van der Waals surface area contributed by atoms with Gasteiger partial charge in [0.25, 0.3) is 0 Å². The SMILES string of the molecule is COCCNCC(=O)N(Cc1cccs1)Cc1ccccc1OC.Cl. The summed E-state index contributed by atoms with van der Waals surface area (Å²) in [7, 11) is 3.30. The van der Waals surface area contributed by atoms with Gasteiger partial charge in [-0.2, -0.15) is 0 Å². The number of para-hydroxylation sites is 1. The summed E-state index contributed by atoms with van der Waals surface area (Å²) in [5.74, 6) is 0.860. The van der Waals surface area contributed by atoms with Crippen molar-refractivity contribution in [1.29, 1.82) is 0 Å². The summed E-state index contributed by atoms with van der Waals surface area (Å²) in [6.45, 7) is 2.66. The van der Waals surface area contributed by atoms with E-state index in [0.717, 1.165) is 16.2 Å². The lowest BCUT2D eigenvalue weighted by Gasteiger charge is -2.23. The standard InChI is InChI=1S/C18H24N2O3S.ClH/c1-22-10-9-19-12-18(21)20(14-16-7-5-11-24-16)13-15-6-3-4-8-17(15)23-2;/h3-8,11,19H,9-10,12-14H2,1-2H3;1H. The summed E-state index contributed by atoms with van der Waals surface area (Å²) < 4.78 is 10.4. The number of halogens is 1. The lowest BCUT2D eigenvalue weighted by atomic mass is 10.2. The third kappa shape index (κ3) is 7.04. The molecular weight excluding hydrogens is 360 g/mol. The van der Waals surface area contributed by atoms with Crippen LogP contribution in [0.5, 0.6) is 5.75 Å². The number of thiophene rings is 1. The summed E-state index contributed by atoms with van der Waals surface area (Å²) in [6.07, 6.45) is 0. The van der Waals surface area contributed by atoms with Gasteiger partial charge >= 0.3 is 0 Å². The molecule has 5 nitrogen and oxygen atoms in total. The first-order valence-corrected chi connectivity index (χ1v) is 8.74. The number of nitrogens with zero attached hydrogens (tertiary/aromatic N) is 1. The predicted molar refractivity (Wildman–Crippen MR) is 104 cm³/mol. The average molecular weight is 385 g/mol. The lowest BCUT2D eigenvalue weighted by Crippen LogP contribution is -2.38. The molecule has 0 saturated carbocycles. The minimum Gasteiger partial charge on any atom is -0.496 e. The number of ether oxygens (including phenoxy) is 2. The van der Waals surface area contributed by atoms with Gasteiger partial charge in [0.15, 0.2) is 0 Å². The molecule has 2 aromatic rings. The first-order chi connectivity index (χ1) is 11.7. The third-order valence-electron chi connectivity index (χ3n) is 3.59. The van der Waals surface area contributed by atoms with Gasteiger partial charge in [0, 0.05) is 30.6 Å². The van der Waals surface area contributed by atoms with Crippen molar-refractivity contribution < 1.29 is 14.3 Å². The fourth-order valence-electron chi connectivity index (χ4n) is 2.34. The molecule has 0 atom stereocenters. The van der Waals surface area contributed by atoms with Crippen LogP contribution in [-0.2, 0) is 22.6 Å². The van der Waals surface area contributed by atoms with Crippen molar-refractivity contribution in [2.24, 2.45) is 0 Å². The van der Waals surface area contributed by atoms with Crippen molar-refractivity contribution in [2.75, 3.05) is 33.9 Å². The van der Waals surface area contributed by atoms with Crippen LogP contribution in [0.15, 0.2) is 41.8 Å². The monoisotopic (exact) mass is 384 g/mol. The number of benzene rings is 1. The molecule has 1 N–H and O–H groups in total. The molecule has 0 aliphatic carbocycles. The molecule has 138 valence electrons. The molecule has 25 heavy (non-hydrogen) atoms. The summed E-state index contributed by atoms with van der Waals surface area (Å²) in [5.41, 5.74) is 1.00. The number of rotatable bonds is 10. The van der Waals surface area contributed by atoms with E-state index < -0.39 is 0 Å². The second kappa shape index (κ2) is 11.9. The van der Waals surface area contributed by atoms with Crippen LogP contribution >= 0.6 is 23.7 Å². The highest BCUT2D eigenvalue weighted by atomic mass is 35.5. The molecular formula is C18H25ClN2O3S. The number of amides is 1. The molecule has 0 bridgehead atoms. The van der Waals surface area contributed by atoms with Crippen molar-refractivity contribution in [3.8, 4) is 5.75 Å². The van der Waals surface area contributed by atoms with Crippen LogP contribution in [0.25, 0.3) is 0 Å². The van der Waals surface area contributed by atoms with Crippen LogP contribution in [0.2, 0.25) is 0 Å². The molecule has 1 amide bonds. The smallest absolute Gasteiger partial charge is 0.237 e. The van der Waals surface area contributed by atoms with Crippen molar-refractivity contribution in [3.05, 3.63) is 52.2 Å². The summed E-state index contributed by atoms with van der Waals surface area (Å²) in [4.78, 5) is 15.6. The fourth-order valence-corrected chi connectivity index (χ4v) is 3.06. The van der Waals surface area contributed by atoms with Crippen LogP contribution < -0.4 is 10.1 Å². The first-order valence-electron chi connectivity index (χ1n) is 7.86. The van der Waals surface area contributed by atoms with Crippen LogP contribution in [0.1, 0.15) is 10.4 Å².